The van der Waals surface area contributed by atoms with E-state index in [0.29, 0.717) is 0 Å². The molecule has 0 saturated carbocycles. The molecule has 0 heterocycles. The number of amides is 6. The third kappa shape index (κ3) is 290. The molecule has 0 aliphatic carbocycles. The second-order valence-corrected chi connectivity index (χ2v) is 1.21. The normalized spacial score (nSPS) is 5.54. The monoisotopic (exact) mass is 188 g/mol. The van der Waals surface area contributed by atoms with Crippen molar-refractivity contribution in [3.63, 3.8) is 0 Å². The molecular weight excluding hydrogens is 175 g/mol. The van der Waals surface area contributed by atoms with Crippen LogP contribution in [0.4, 0.5) is 14.4 Å². The third-order valence-corrected chi connectivity index (χ3v) is 0. The van der Waals surface area contributed by atoms with E-state index in [1.807, 2.05) is 0 Å². The van der Waals surface area contributed by atoms with Gasteiger partial charge in [-0.15, -0.1) is 0 Å². The van der Waals surface area contributed by atoms with Crippen molar-refractivity contribution in [3.05, 3.63) is 0 Å². The Balaban J connectivity index is -0.0000000270. The molecule has 0 atom stereocenters. The van der Waals surface area contributed by atoms with Gasteiger partial charge in [0.05, 0.1) is 0 Å². The Bertz CT molecular complexity index is 126. The SMILES string of the molecule is NC(N)=O.NC(N)=O.NC(N)=O.[H-].[Li+]. The van der Waals surface area contributed by atoms with Gasteiger partial charge in [0, 0.05) is 0 Å². The van der Waals surface area contributed by atoms with Crippen LogP contribution in [-0.4, -0.2) is 18.1 Å². The van der Waals surface area contributed by atoms with Crippen LogP contribution < -0.4 is 53.3 Å². The van der Waals surface area contributed by atoms with E-state index in [1.54, 1.807) is 0 Å². The second-order valence-electron chi connectivity index (χ2n) is 1.21. The maximum absolute atomic E-state index is 9.00. The summed E-state index contributed by atoms with van der Waals surface area (Å²) >= 11 is 0. The number of carbonyl (C=O) groups excluding carboxylic acids is 3. The van der Waals surface area contributed by atoms with E-state index in [9.17, 15) is 0 Å². The van der Waals surface area contributed by atoms with Gasteiger partial charge in [-0.3, -0.25) is 0 Å². The van der Waals surface area contributed by atoms with E-state index >= 15 is 0 Å². The summed E-state index contributed by atoms with van der Waals surface area (Å²) < 4.78 is 0. The van der Waals surface area contributed by atoms with Gasteiger partial charge < -0.3 is 35.8 Å². The van der Waals surface area contributed by atoms with Gasteiger partial charge in [-0.05, 0) is 0 Å². The second kappa shape index (κ2) is 16.8. The number of urea groups is 3. The van der Waals surface area contributed by atoms with Crippen LogP contribution >= 0.6 is 0 Å². The van der Waals surface area contributed by atoms with E-state index in [-0.39, 0.29) is 20.3 Å². The Kier molecular flexibility index (Phi) is 29.1. The van der Waals surface area contributed by atoms with Gasteiger partial charge in [0.15, 0.2) is 0 Å². The van der Waals surface area contributed by atoms with Gasteiger partial charge >= 0.3 is 37.0 Å². The van der Waals surface area contributed by atoms with E-state index < -0.39 is 18.1 Å². The molecule has 0 aromatic heterocycles. The Morgan fingerprint density at radius 1 is 0.615 bits per heavy atom. The van der Waals surface area contributed by atoms with Crippen LogP contribution in [0.2, 0.25) is 0 Å². The fraction of sp³-hybridized carbons (Fsp3) is 0. The van der Waals surface area contributed by atoms with Crippen LogP contribution in [0.3, 0.4) is 0 Å². The Morgan fingerprint density at radius 3 is 0.615 bits per heavy atom. The number of hydrogen-bond donors (Lipinski definition) is 6. The summed E-state index contributed by atoms with van der Waals surface area (Å²) in [5, 5.41) is 0. The zero-order valence-corrected chi connectivity index (χ0v) is 7.19. The molecule has 0 unspecified atom stereocenters. The predicted molar refractivity (Wildman–Crippen MR) is 42.4 cm³/mol. The smallest absolute Gasteiger partial charge is 1.00 e. The number of hydrogen-bond acceptors (Lipinski definition) is 3. The number of nitrogens with two attached hydrogens (primary N) is 6. The molecule has 6 amide bonds. The van der Waals surface area contributed by atoms with Crippen LogP contribution in [0.25, 0.3) is 0 Å². The quantitative estimate of drug-likeness (QED) is 0.205. The van der Waals surface area contributed by atoms with E-state index in [4.69, 9.17) is 14.4 Å². The van der Waals surface area contributed by atoms with Crippen molar-refractivity contribution >= 4 is 18.1 Å². The van der Waals surface area contributed by atoms with Crippen LogP contribution in [0, 0.1) is 0 Å². The number of carbonyl (C=O) groups is 3. The van der Waals surface area contributed by atoms with Gasteiger partial charge in [0.1, 0.15) is 0 Å². The Labute approximate surface area is 87.8 Å². The van der Waals surface area contributed by atoms with Gasteiger partial charge in [-0.1, -0.05) is 0 Å². The summed E-state index contributed by atoms with van der Waals surface area (Å²) in [6.07, 6.45) is 0. The molecule has 9 nitrogen and oxygen atoms in total. The van der Waals surface area contributed by atoms with Crippen LogP contribution in [-0.2, 0) is 0 Å². The van der Waals surface area contributed by atoms with Crippen LogP contribution in [0.5, 0.6) is 0 Å². The molecule has 0 radical (unpaired) electrons. The molecule has 0 aliphatic heterocycles. The van der Waals surface area contributed by atoms with Gasteiger partial charge in [-0.25, -0.2) is 14.4 Å². The molecule has 13 heavy (non-hydrogen) atoms. The minimum absolute atomic E-state index is 0. The van der Waals surface area contributed by atoms with Gasteiger partial charge in [-0.2, -0.15) is 0 Å². The first-order valence-corrected chi connectivity index (χ1v) is 2.34. The van der Waals surface area contributed by atoms with Gasteiger partial charge in [0.25, 0.3) is 0 Å². The summed E-state index contributed by atoms with van der Waals surface area (Å²) in [5.74, 6) is 0. The average molecular weight is 188 g/mol. The molecule has 0 saturated heterocycles. The number of rotatable bonds is 0. The van der Waals surface area contributed by atoms with Crippen LogP contribution in [0.1, 0.15) is 1.43 Å². The molecule has 0 spiro atoms. The first-order valence-electron chi connectivity index (χ1n) is 2.34. The van der Waals surface area contributed by atoms with E-state index in [0.717, 1.165) is 0 Å². The summed E-state index contributed by atoms with van der Waals surface area (Å²) in [6, 6.07) is -2.50. The zero-order valence-electron chi connectivity index (χ0n) is 8.19. The molecule has 0 fully saturated rings. The molecule has 0 bridgehead atoms. The van der Waals surface area contributed by atoms with Crippen molar-refractivity contribution in [2.24, 2.45) is 34.4 Å². The first kappa shape index (κ1) is 22.5. The number of primary amides is 6. The molecule has 0 rings (SSSR count). The van der Waals surface area contributed by atoms with Gasteiger partial charge in [0.2, 0.25) is 0 Å². The largest absolute Gasteiger partial charge is 1.00 e. The molecule has 0 aliphatic rings. The fourth-order valence-corrected chi connectivity index (χ4v) is 0. The van der Waals surface area contributed by atoms with Crippen molar-refractivity contribution in [2.45, 2.75) is 0 Å². The summed E-state index contributed by atoms with van der Waals surface area (Å²) in [5.41, 5.74) is 25.5. The fourth-order valence-electron chi connectivity index (χ4n) is 0. The van der Waals surface area contributed by atoms with E-state index in [1.165, 1.54) is 0 Å². The standard InChI is InChI=1S/3CH4N2O.Li.H/c3*2-1(3)4;;/h3*(H4,2,3,4);;/q;;;+1;-1. The Morgan fingerprint density at radius 2 is 0.615 bits per heavy atom. The molecular formula is C3H13LiN6O3. The van der Waals surface area contributed by atoms with E-state index in [2.05, 4.69) is 34.4 Å². The van der Waals surface area contributed by atoms with Crippen molar-refractivity contribution < 1.29 is 34.7 Å². The average Bonchev–Trinajstić information content (AvgIpc) is 1.54. The molecule has 74 valence electrons. The summed E-state index contributed by atoms with van der Waals surface area (Å²) in [4.78, 5) is 27.0. The first-order chi connectivity index (χ1) is 5.20. The van der Waals surface area contributed by atoms with Crippen molar-refractivity contribution in [2.75, 3.05) is 0 Å². The molecule has 10 heteroatoms. The van der Waals surface area contributed by atoms with Crippen LogP contribution in [0.15, 0.2) is 0 Å². The Hall–Kier alpha value is -1.59. The zero-order chi connectivity index (χ0) is 10.7. The van der Waals surface area contributed by atoms with Crippen molar-refractivity contribution in [1.29, 1.82) is 0 Å². The molecule has 0 aromatic rings. The predicted octanol–water partition coefficient (Wildman–Crippen LogP) is -5.81. The van der Waals surface area contributed by atoms with Crippen molar-refractivity contribution in [1.82, 2.24) is 0 Å². The summed E-state index contributed by atoms with van der Waals surface area (Å²) in [7, 11) is 0. The minimum Gasteiger partial charge on any atom is -1.00 e. The third-order valence-electron chi connectivity index (χ3n) is 0. The maximum Gasteiger partial charge on any atom is 1.00 e. The molecule has 0 aromatic carbocycles. The minimum atomic E-state index is -0.833. The maximum atomic E-state index is 9.00. The van der Waals surface area contributed by atoms with Crippen molar-refractivity contribution in [3.8, 4) is 0 Å². The molecule has 12 N–H and O–H groups in total. The summed E-state index contributed by atoms with van der Waals surface area (Å²) in [6.45, 7) is 0. The topological polar surface area (TPSA) is 207 Å².